The minimum absolute atomic E-state index is 0.0471. The number of hydrogen-bond acceptors (Lipinski definition) is 4. The first-order chi connectivity index (χ1) is 24.0. The van der Waals surface area contributed by atoms with Crippen molar-refractivity contribution in [1.29, 1.82) is 0 Å². The van der Waals surface area contributed by atoms with E-state index in [-0.39, 0.29) is 16.6 Å². The van der Waals surface area contributed by atoms with E-state index >= 15 is 0 Å². The zero-order chi connectivity index (χ0) is 33.2. The SMILES string of the molecule is CC1(C)c2cc(Oc3ccc4c(c3)C3(CCCCC3)c3ccccc3N4c3ccccc3)ccc2N(c2ccccc2)c2c(O)cccc21. The summed E-state index contributed by atoms with van der Waals surface area (Å²) in [4.78, 5) is 4.61. The Balaban J connectivity index is 1.16. The Morgan fingerprint density at radius 2 is 1.06 bits per heavy atom. The zero-order valence-corrected chi connectivity index (χ0v) is 28.1. The van der Waals surface area contributed by atoms with Gasteiger partial charge in [-0.05, 0) is 108 Å². The molecule has 9 rings (SSSR count). The Hall–Kier alpha value is -5.48. The summed E-state index contributed by atoms with van der Waals surface area (Å²) in [6, 6.07) is 49.0. The lowest BCUT2D eigenvalue weighted by molar-refractivity contribution is 0.343. The van der Waals surface area contributed by atoms with E-state index in [0.29, 0.717) is 0 Å². The predicted molar refractivity (Wildman–Crippen MR) is 200 cm³/mol. The van der Waals surface area contributed by atoms with E-state index in [1.54, 1.807) is 6.07 Å². The average Bonchev–Trinajstić information content (AvgIpc) is 3.14. The summed E-state index contributed by atoms with van der Waals surface area (Å²) in [5, 5.41) is 11.2. The average molecular weight is 641 g/mol. The van der Waals surface area contributed by atoms with E-state index < -0.39 is 0 Å². The van der Waals surface area contributed by atoms with Crippen molar-refractivity contribution in [1.82, 2.24) is 0 Å². The van der Waals surface area contributed by atoms with E-state index in [4.69, 9.17) is 4.74 Å². The highest BCUT2D eigenvalue weighted by atomic mass is 16.5. The van der Waals surface area contributed by atoms with Gasteiger partial charge in [0.1, 0.15) is 17.2 Å². The van der Waals surface area contributed by atoms with Crippen molar-refractivity contribution in [2.45, 2.75) is 56.8 Å². The maximum Gasteiger partial charge on any atom is 0.139 e. The largest absolute Gasteiger partial charge is 0.506 e. The molecule has 1 aliphatic carbocycles. The number of benzene rings is 6. The Morgan fingerprint density at radius 3 is 1.76 bits per heavy atom. The Labute approximate surface area is 288 Å². The number of hydrogen-bond donors (Lipinski definition) is 1. The van der Waals surface area contributed by atoms with E-state index in [1.165, 1.54) is 47.5 Å². The van der Waals surface area contributed by atoms with Crippen molar-refractivity contribution in [2.75, 3.05) is 9.80 Å². The molecule has 6 aromatic carbocycles. The number of rotatable bonds is 4. The van der Waals surface area contributed by atoms with Crippen LogP contribution in [0.2, 0.25) is 0 Å². The summed E-state index contributed by atoms with van der Waals surface area (Å²) in [7, 11) is 0. The standard InChI is InChI=1S/C45H40N2O2/c1-44(2)36-20-14-22-42(48)43(36)47(32-17-8-4-9-18-32)40-25-23-33(29-37(40)44)49-34-24-26-41-38(30-34)45(27-12-5-13-28-45)35-19-10-11-21-39(35)46(41)31-15-6-3-7-16-31/h3-4,6-11,14-26,29-30,48H,5,12-13,27-28H2,1-2H3. The Morgan fingerprint density at radius 1 is 0.510 bits per heavy atom. The highest BCUT2D eigenvalue weighted by Gasteiger charge is 2.44. The monoisotopic (exact) mass is 640 g/mol. The van der Waals surface area contributed by atoms with Gasteiger partial charge in [-0.3, -0.25) is 0 Å². The van der Waals surface area contributed by atoms with Crippen LogP contribution >= 0.6 is 0 Å². The van der Waals surface area contributed by atoms with Gasteiger partial charge >= 0.3 is 0 Å². The summed E-state index contributed by atoms with van der Waals surface area (Å²) in [6.07, 6.45) is 6.00. The number of phenols is 1. The molecule has 2 heterocycles. The lowest BCUT2D eigenvalue weighted by Gasteiger charge is -2.47. The van der Waals surface area contributed by atoms with Crippen LogP contribution in [0.15, 0.2) is 140 Å². The number of ether oxygens (including phenoxy) is 1. The van der Waals surface area contributed by atoms with E-state index in [1.807, 2.05) is 24.3 Å². The van der Waals surface area contributed by atoms with Crippen LogP contribution in [0.5, 0.6) is 17.2 Å². The lowest BCUT2D eigenvalue weighted by atomic mass is 9.62. The fourth-order valence-corrected chi connectivity index (χ4v) is 8.85. The van der Waals surface area contributed by atoms with Crippen LogP contribution in [-0.2, 0) is 10.8 Å². The van der Waals surface area contributed by atoms with E-state index in [2.05, 4.69) is 133 Å². The van der Waals surface area contributed by atoms with E-state index in [9.17, 15) is 5.11 Å². The predicted octanol–water partition coefficient (Wildman–Crippen LogP) is 12.3. The number of nitrogens with zero attached hydrogens (tertiary/aromatic N) is 2. The van der Waals surface area contributed by atoms with Gasteiger partial charge < -0.3 is 19.6 Å². The molecule has 0 atom stereocenters. The van der Waals surface area contributed by atoms with Crippen LogP contribution in [0.1, 0.15) is 68.2 Å². The fraction of sp³-hybridized carbons (Fsp3) is 0.200. The molecule has 0 aromatic heterocycles. The first-order valence-electron chi connectivity index (χ1n) is 17.5. The van der Waals surface area contributed by atoms with Crippen molar-refractivity contribution >= 4 is 34.1 Å². The fourth-order valence-electron chi connectivity index (χ4n) is 8.85. The molecule has 0 bridgehead atoms. The van der Waals surface area contributed by atoms with Gasteiger partial charge in [0.05, 0.1) is 22.7 Å². The number of phenolic OH excluding ortho intramolecular Hbond substituents is 1. The van der Waals surface area contributed by atoms with Gasteiger partial charge in [-0.1, -0.05) is 99.8 Å². The molecule has 4 nitrogen and oxygen atoms in total. The molecule has 1 saturated carbocycles. The van der Waals surface area contributed by atoms with Gasteiger partial charge in [-0.25, -0.2) is 0 Å². The van der Waals surface area contributed by atoms with Crippen LogP contribution in [0.3, 0.4) is 0 Å². The molecule has 6 aromatic rings. The summed E-state index contributed by atoms with van der Waals surface area (Å²) in [5.41, 5.74) is 11.1. The highest BCUT2D eigenvalue weighted by Crippen LogP contribution is 2.59. The molecule has 1 N–H and O–H groups in total. The molecule has 2 aliphatic heterocycles. The first kappa shape index (κ1) is 29.6. The quantitative estimate of drug-likeness (QED) is 0.208. The molecule has 4 heteroatoms. The minimum atomic E-state index is -0.365. The third-order valence-corrected chi connectivity index (χ3v) is 11.2. The van der Waals surface area contributed by atoms with Crippen molar-refractivity contribution in [3.8, 4) is 17.2 Å². The third kappa shape index (κ3) is 4.58. The Kier molecular flexibility index (Phi) is 6.84. The zero-order valence-electron chi connectivity index (χ0n) is 28.1. The van der Waals surface area contributed by atoms with Crippen LogP contribution in [-0.4, -0.2) is 5.11 Å². The Bertz CT molecular complexity index is 2180. The summed E-state index contributed by atoms with van der Waals surface area (Å²) < 4.78 is 6.83. The summed E-state index contributed by atoms with van der Waals surface area (Å²) in [6.45, 7) is 4.47. The van der Waals surface area contributed by atoms with Crippen LogP contribution < -0.4 is 14.5 Å². The molecule has 0 unspecified atom stereocenters. The maximum atomic E-state index is 11.2. The molecule has 242 valence electrons. The molecule has 0 radical (unpaired) electrons. The van der Waals surface area contributed by atoms with Crippen molar-refractivity contribution < 1.29 is 9.84 Å². The molecular weight excluding hydrogens is 601 g/mol. The second kappa shape index (κ2) is 11.3. The minimum Gasteiger partial charge on any atom is -0.506 e. The van der Waals surface area contributed by atoms with Gasteiger partial charge in [0.25, 0.3) is 0 Å². The second-order valence-electron chi connectivity index (χ2n) is 14.3. The van der Waals surface area contributed by atoms with E-state index in [0.717, 1.165) is 52.5 Å². The second-order valence-corrected chi connectivity index (χ2v) is 14.3. The van der Waals surface area contributed by atoms with Gasteiger partial charge in [0, 0.05) is 22.2 Å². The number of anilines is 6. The number of fused-ring (bicyclic) bond motifs is 6. The molecule has 1 fully saturated rings. The van der Waals surface area contributed by atoms with Crippen LogP contribution in [0, 0.1) is 0 Å². The van der Waals surface area contributed by atoms with Crippen molar-refractivity contribution in [2.24, 2.45) is 0 Å². The molecule has 1 spiro atoms. The molecule has 3 aliphatic rings. The lowest BCUT2D eigenvalue weighted by Crippen LogP contribution is -2.37. The van der Waals surface area contributed by atoms with Crippen LogP contribution in [0.25, 0.3) is 0 Å². The van der Waals surface area contributed by atoms with Gasteiger partial charge in [-0.2, -0.15) is 0 Å². The molecule has 49 heavy (non-hydrogen) atoms. The number of aromatic hydroxyl groups is 1. The molecular formula is C45H40N2O2. The number of para-hydroxylation sites is 4. The highest BCUT2D eigenvalue weighted by molar-refractivity contribution is 5.89. The van der Waals surface area contributed by atoms with Crippen LogP contribution in [0.4, 0.5) is 34.1 Å². The topological polar surface area (TPSA) is 35.9 Å². The van der Waals surface area contributed by atoms with Crippen molar-refractivity contribution in [3.63, 3.8) is 0 Å². The normalized spacial score (nSPS) is 16.7. The first-order valence-corrected chi connectivity index (χ1v) is 17.5. The van der Waals surface area contributed by atoms with Crippen molar-refractivity contribution in [3.05, 3.63) is 162 Å². The molecule has 0 saturated heterocycles. The van der Waals surface area contributed by atoms with Gasteiger partial charge in [-0.15, -0.1) is 0 Å². The summed E-state index contributed by atoms with van der Waals surface area (Å²) in [5.74, 6) is 1.93. The molecule has 0 amide bonds. The maximum absolute atomic E-state index is 11.2. The third-order valence-electron chi connectivity index (χ3n) is 11.2. The smallest absolute Gasteiger partial charge is 0.139 e. The summed E-state index contributed by atoms with van der Waals surface area (Å²) >= 11 is 0. The van der Waals surface area contributed by atoms with Gasteiger partial charge in [0.15, 0.2) is 0 Å². The van der Waals surface area contributed by atoms with Gasteiger partial charge in [0.2, 0.25) is 0 Å².